The lowest BCUT2D eigenvalue weighted by Crippen LogP contribution is -2.19. The first-order valence-corrected chi connectivity index (χ1v) is 8.26. The Balaban J connectivity index is 0.00000127. The molecule has 0 amide bonds. The van der Waals surface area contributed by atoms with Gasteiger partial charge in [-0.2, -0.15) is 0 Å². The second kappa shape index (κ2) is 9.86. The van der Waals surface area contributed by atoms with E-state index >= 15 is 0 Å². The highest BCUT2D eigenvalue weighted by atomic mass is 19.1. The van der Waals surface area contributed by atoms with E-state index in [1.165, 1.54) is 0 Å². The lowest BCUT2D eigenvalue weighted by molar-refractivity contribution is 0.474. The maximum atomic E-state index is 13.8. The predicted octanol–water partition coefficient (Wildman–Crippen LogP) is 4.62. The molecule has 3 heteroatoms. The van der Waals surface area contributed by atoms with Crippen LogP contribution in [0.15, 0.2) is 41.8 Å². The van der Waals surface area contributed by atoms with Gasteiger partial charge in [-0.05, 0) is 42.7 Å². The Morgan fingerprint density at radius 2 is 2.04 bits per heavy atom. The molecule has 1 aromatic carbocycles. The average Bonchev–Trinajstić information content (AvgIpc) is 2.55. The van der Waals surface area contributed by atoms with Gasteiger partial charge in [0.2, 0.25) is 0 Å². The molecule has 0 aliphatic heterocycles. The second-order valence-electron chi connectivity index (χ2n) is 5.24. The quantitative estimate of drug-likeness (QED) is 0.799. The summed E-state index contributed by atoms with van der Waals surface area (Å²) in [5.41, 5.74) is 7.89. The van der Waals surface area contributed by atoms with Gasteiger partial charge >= 0.3 is 0 Å². The topological polar surface area (TPSA) is 46.2 Å². The zero-order valence-electron chi connectivity index (χ0n) is 14.2. The number of benzene rings is 1. The molecule has 0 aromatic heterocycles. The van der Waals surface area contributed by atoms with Gasteiger partial charge in [0.05, 0.1) is 5.57 Å². The molecule has 0 saturated heterocycles. The minimum absolute atomic E-state index is 0.207. The van der Waals surface area contributed by atoms with Gasteiger partial charge in [0.25, 0.3) is 0 Å². The van der Waals surface area contributed by atoms with E-state index in [2.05, 4.69) is 18.8 Å². The molecular weight excluding hydrogens is 289 g/mol. The minimum atomic E-state index is -0.260. The van der Waals surface area contributed by atoms with Crippen molar-refractivity contribution in [3.05, 3.63) is 52.9 Å². The molecule has 1 aromatic rings. The van der Waals surface area contributed by atoms with Gasteiger partial charge in [0.15, 0.2) is 0 Å². The van der Waals surface area contributed by atoms with Crippen LogP contribution in [0.4, 0.5) is 4.39 Å². The maximum absolute atomic E-state index is 13.8. The molecule has 0 spiro atoms. The van der Waals surface area contributed by atoms with Crippen LogP contribution in [0.2, 0.25) is 0 Å². The fourth-order valence-corrected chi connectivity index (χ4v) is 2.22. The van der Waals surface area contributed by atoms with Crippen molar-refractivity contribution >= 4 is 0 Å². The van der Waals surface area contributed by atoms with Gasteiger partial charge in [-0.1, -0.05) is 45.1 Å². The fraction of sp³-hybridized carbons (Fsp3) is 0.400. The minimum Gasteiger partial charge on any atom is -0.508 e. The SMILES string of the molecule is CC.CCCCc1cc(O)ccc1C#CC1=C(F)CC(N)C=C1. The zero-order chi connectivity index (χ0) is 17.2. The molecule has 0 heterocycles. The third-order valence-electron chi connectivity index (χ3n) is 3.44. The van der Waals surface area contributed by atoms with Gasteiger partial charge in [0, 0.05) is 18.0 Å². The number of allylic oxidation sites excluding steroid dienone is 2. The number of hydrogen-bond donors (Lipinski definition) is 2. The molecule has 2 nitrogen and oxygen atoms in total. The van der Waals surface area contributed by atoms with E-state index in [0.717, 1.165) is 30.4 Å². The Hall–Kier alpha value is -2.05. The Labute approximate surface area is 138 Å². The van der Waals surface area contributed by atoms with Crippen molar-refractivity contribution in [1.82, 2.24) is 0 Å². The molecule has 23 heavy (non-hydrogen) atoms. The van der Waals surface area contributed by atoms with E-state index in [1.54, 1.807) is 30.4 Å². The summed E-state index contributed by atoms with van der Waals surface area (Å²) in [6.45, 7) is 6.12. The molecule has 0 saturated carbocycles. The number of phenols is 1. The first kappa shape index (κ1) is 19.0. The predicted molar refractivity (Wildman–Crippen MR) is 94.8 cm³/mol. The van der Waals surface area contributed by atoms with Crippen LogP contribution in [-0.4, -0.2) is 11.1 Å². The smallest absolute Gasteiger partial charge is 0.117 e. The van der Waals surface area contributed by atoms with Crippen molar-refractivity contribution < 1.29 is 9.50 Å². The van der Waals surface area contributed by atoms with E-state index in [4.69, 9.17) is 5.73 Å². The lowest BCUT2D eigenvalue weighted by Gasteiger charge is -2.10. The number of hydrogen-bond acceptors (Lipinski definition) is 2. The fourth-order valence-electron chi connectivity index (χ4n) is 2.22. The number of rotatable bonds is 3. The Kier molecular flexibility index (Phi) is 8.15. The third kappa shape index (κ3) is 5.92. The monoisotopic (exact) mass is 315 g/mol. The molecule has 1 atom stereocenters. The van der Waals surface area contributed by atoms with E-state index in [-0.39, 0.29) is 24.0 Å². The molecule has 1 unspecified atom stereocenters. The van der Waals surface area contributed by atoms with Gasteiger partial charge in [-0.15, -0.1) is 0 Å². The van der Waals surface area contributed by atoms with Gasteiger partial charge in [0.1, 0.15) is 11.6 Å². The van der Waals surface area contributed by atoms with Crippen LogP contribution >= 0.6 is 0 Å². The largest absolute Gasteiger partial charge is 0.508 e. The summed E-state index contributed by atoms with van der Waals surface area (Å²) in [5, 5.41) is 9.58. The summed E-state index contributed by atoms with van der Waals surface area (Å²) in [6, 6.07) is 4.86. The molecule has 0 radical (unpaired) electrons. The summed E-state index contributed by atoms with van der Waals surface area (Å²) in [7, 11) is 0. The summed E-state index contributed by atoms with van der Waals surface area (Å²) in [5.74, 6) is 5.87. The van der Waals surface area contributed by atoms with Crippen molar-refractivity contribution in [2.24, 2.45) is 5.73 Å². The van der Waals surface area contributed by atoms with Crippen LogP contribution in [0.3, 0.4) is 0 Å². The van der Waals surface area contributed by atoms with Crippen LogP contribution < -0.4 is 5.73 Å². The number of phenolic OH excluding ortho intramolecular Hbond substituents is 1. The van der Waals surface area contributed by atoms with Crippen molar-refractivity contribution in [3.8, 4) is 17.6 Å². The molecule has 0 fully saturated rings. The third-order valence-corrected chi connectivity index (χ3v) is 3.44. The van der Waals surface area contributed by atoms with Crippen LogP contribution in [0.5, 0.6) is 5.75 Å². The highest BCUT2D eigenvalue weighted by Gasteiger charge is 2.11. The van der Waals surface area contributed by atoms with Gasteiger partial charge < -0.3 is 10.8 Å². The number of unbranched alkanes of at least 4 members (excludes halogenated alkanes) is 1. The Morgan fingerprint density at radius 1 is 1.30 bits per heavy atom. The second-order valence-corrected chi connectivity index (χ2v) is 5.24. The average molecular weight is 315 g/mol. The number of aryl methyl sites for hydroxylation is 1. The first-order valence-electron chi connectivity index (χ1n) is 8.26. The summed E-state index contributed by atoms with van der Waals surface area (Å²) >= 11 is 0. The Morgan fingerprint density at radius 3 is 2.70 bits per heavy atom. The van der Waals surface area contributed by atoms with Crippen LogP contribution in [-0.2, 0) is 6.42 Å². The molecule has 1 aliphatic rings. The van der Waals surface area contributed by atoms with Crippen molar-refractivity contribution in [3.63, 3.8) is 0 Å². The molecular formula is C20H26FNO. The summed E-state index contributed by atoms with van der Waals surface area (Å²) < 4.78 is 13.8. The zero-order valence-corrected chi connectivity index (χ0v) is 14.2. The molecule has 124 valence electrons. The standard InChI is InChI=1S/C18H20FNO.C2H6/c1-2-3-4-15-11-17(21)10-8-13(15)5-6-14-7-9-16(20)12-18(14)19;1-2/h7-11,16,21H,2-4,12,20H2,1H3;1-2H3. The highest BCUT2D eigenvalue weighted by molar-refractivity contribution is 5.51. The number of nitrogens with two attached hydrogens (primary N) is 1. The maximum Gasteiger partial charge on any atom is 0.117 e. The molecule has 0 bridgehead atoms. The molecule has 1 aliphatic carbocycles. The molecule has 2 rings (SSSR count). The van der Waals surface area contributed by atoms with Crippen LogP contribution in [0, 0.1) is 11.8 Å². The summed E-state index contributed by atoms with van der Waals surface area (Å²) in [4.78, 5) is 0. The van der Waals surface area contributed by atoms with Crippen LogP contribution in [0.1, 0.15) is 51.2 Å². The lowest BCUT2D eigenvalue weighted by atomic mass is 10.00. The van der Waals surface area contributed by atoms with E-state index in [1.807, 2.05) is 13.8 Å². The molecule has 3 N–H and O–H groups in total. The first-order chi connectivity index (χ1) is 11.1. The summed E-state index contributed by atoms with van der Waals surface area (Å²) in [6.07, 6.45) is 6.58. The van der Waals surface area contributed by atoms with Gasteiger partial charge in [-0.25, -0.2) is 4.39 Å². The van der Waals surface area contributed by atoms with E-state index in [0.29, 0.717) is 5.57 Å². The number of aromatic hydroxyl groups is 1. The van der Waals surface area contributed by atoms with Crippen LogP contribution in [0.25, 0.3) is 0 Å². The van der Waals surface area contributed by atoms with E-state index < -0.39 is 0 Å². The van der Waals surface area contributed by atoms with Crippen molar-refractivity contribution in [2.45, 2.75) is 52.5 Å². The highest BCUT2D eigenvalue weighted by Crippen LogP contribution is 2.21. The van der Waals surface area contributed by atoms with Gasteiger partial charge in [-0.3, -0.25) is 0 Å². The normalized spacial score (nSPS) is 16.3. The van der Waals surface area contributed by atoms with Crippen molar-refractivity contribution in [1.29, 1.82) is 0 Å². The van der Waals surface area contributed by atoms with E-state index in [9.17, 15) is 9.50 Å². The number of halogens is 1. The van der Waals surface area contributed by atoms with Crippen molar-refractivity contribution in [2.75, 3.05) is 0 Å². The Bertz CT molecular complexity index is 635.